The molecule has 4 aromatic rings. The number of hydrogen-bond donors (Lipinski definition) is 0. The molecule has 0 bridgehead atoms. The molecule has 4 rings (SSSR count). The Morgan fingerprint density at radius 1 is 0.625 bits per heavy atom. The molecule has 0 heterocycles. The van der Waals surface area contributed by atoms with Crippen LogP contribution in [0.15, 0.2) is 96.0 Å². The Kier molecular flexibility index (Phi) is 3.91. The van der Waals surface area contributed by atoms with E-state index < -0.39 is 0 Å². The molecule has 0 N–H and O–H groups in total. The van der Waals surface area contributed by atoms with Gasteiger partial charge in [-0.2, -0.15) is 0 Å². The minimum atomic E-state index is 0.996. The van der Waals surface area contributed by atoms with Gasteiger partial charge in [-0.1, -0.05) is 72.8 Å². The van der Waals surface area contributed by atoms with Crippen molar-refractivity contribution in [3.8, 4) is 0 Å². The van der Waals surface area contributed by atoms with Gasteiger partial charge in [-0.05, 0) is 46.0 Å². The van der Waals surface area contributed by atoms with Crippen LogP contribution in [0.3, 0.4) is 0 Å². The first-order chi connectivity index (χ1) is 11.9. The molecule has 24 heavy (non-hydrogen) atoms. The average Bonchev–Trinajstić information content (AvgIpc) is 2.64. The Morgan fingerprint density at radius 2 is 1.33 bits per heavy atom. The number of rotatable bonds is 3. The van der Waals surface area contributed by atoms with Gasteiger partial charge in [0.25, 0.3) is 0 Å². The van der Waals surface area contributed by atoms with Crippen molar-refractivity contribution in [2.75, 3.05) is 0 Å². The summed E-state index contributed by atoms with van der Waals surface area (Å²) in [5, 5.41) is 4.90. The second-order valence-electron chi connectivity index (χ2n) is 5.75. The summed E-state index contributed by atoms with van der Waals surface area (Å²) < 4.78 is 0. The van der Waals surface area contributed by atoms with Gasteiger partial charge in [0, 0.05) is 11.6 Å². The second kappa shape index (κ2) is 6.51. The third-order valence-electron chi connectivity index (χ3n) is 4.11. The third-order valence-corrected chi connectivity index (χ3v) is 4.11. The number of hydrogen-bond acceptors (Lipinski definition) is 1. The molecule has 0 fully saturated rings. The normalized spacial score (nSPS) is 11.8. The van der Waals surface area contributed by atoms with Gasteiger partial charge in [-0.15, -0.1) is 0 Å². The third kappa shape index (κ3) is 2.97. The van der Waals surface area contributed by atoms with E-state index in [2.05, 4.69) is 77.8 Å². The van der Waals surface area contributed by atoms with Gasteiger partial charge >= 0.3 is 0 Å². The van der Waals surface area contributed by atoms with Crippen LogP contribution in [0.1, 0.15) is 5.56 Å². The number of allylic oxidation sites excluding steroid dienone is 1. The van der Waals surface area contributed by atoms with Gasteiger partial charge in [0.15, 0.2) is 0 Å². The molecule has 1 heteroatoms. The van der Waals surface area contributed by atoms with Crippen LogP contribution in [0.25, 0.3) is 27.6 Å². The maximum absolute atomic E-state index is 4.64. The van der Waals surface area contributed by atoms with Crippen LogP contribution >= 0.6 is 0 Å². The zero-order chi connectivity index (χ0) is 16.2. The van der Waals surface area contributed by atoms with Crippen LogP contribution in [0.2, 0.25) is 0 Å². The Balaban J connectivity index is 1.70. The molecule has 0 radical (unpaired) electrons. The van der Waals surface area contributed by atoms with Crippen molar-refractivity contribution in [3.05, 3.63) is 96.6 Å². The molecule has 0 aliphatic heterocycles. The van der Waals surface area contributed by atoms with E-state index in [1.807, 2.05) is 30.5 Å². The first-order valence-corrected chi connectivity index (χ1v) is 8.07. The highest BCUT2D eigenvalue weighted by molar-refractivity contribution is 6.03. The van der Waals surface area contributed by atoms with Crippen molar-refractivity contribution in [2.45, 2.75) is 0 Å². The summed E-state index contributed by atoms with van der Waals surface area (Å²) in [7, 11) is 0. The largest absolute Gasteiger partial charge is 0.256 e. The maximum Gasteiger partial charge on any atom is 0.0708 e. The highest BCUT2D eigenvalue weighted by Gasteiger charge is 2.01. The lowest BCUT2D eigenvalue weighted by Gasteiger charge is -2.04. The first kappa shape index (κ1) is 14.4. The van der Waals surface area contributed by atoms with Crippen LogP contribution in [0, 0.1) is 0 Å². The molecule has 0 unspecified atom stereocenters. The monoisotopic (exact) mass is 307 g/mol. The average molecular weight is 307 g/mol. The van der Waals surface area contributed by atoms with Gasteiger partial charge in [0.05, 0.1) is 5.69 Å². The Labute approximate surface area is 141 Å². The van der Waals surface area contributed by atoms with E-state index in [0.29, 0.717) is 0 Å². The summed E-state index contributed by atoms with van der Waals surface area (Å²) in [6.45, 7) is 0. The summed E-state index contributed by atoms with van der Waals surface area (Å²) >= 11 is 0. The molecule has 0 aliphatic carbocycles. The van der Waals surface area contributed by atoms with E-state index in [-0.39, 0.29) is 0 Å². The van der Waals surface area contributed by atoms with Gasteiger partial charge < -0.3 is 0 Å². The Bertz CT molecular complexity index is 1040. The highest BCUT2D eigenvalue weighted by atomic mass is 14.7. The molecule has 0 atom stereocenters. The van der Waals surface area contributed by atoms with E-state index in [4.69, 9.17) is 0 Å². The van der Waals surface area contributed by atoms with E-state index in [0.717, 1.165) is 5.69 Å². The minimum absolute atomic E-state index is 0.996. The molecule has 0 amide bonds. The van der Waals surface area contributed by atoms with Crippen LogP contribution in [-0.2, 0) is 0 Å². The van der Waals surface area contributed by atoms with E-state index in [9.17, 15) is 0 Å². The van der Waals surface area contributed by atoms with Crippen LogP contribution in [0.5, 0.6) is 0 Å². The van der Waals surface area contributed by atoms with E-state index >= 15 is 0 Å². The number of aliphatic imine (C=N–C) groups is 1. The van der Waals surface area contributed by atoms with Gasteiger partial charge in [-0.3, -0.25) is 4.99 Å². The van der Waals surface area contributed by atoms with Crippen LogP contribution in [-0.4, -0.2) is 6.21 Å². The molecule has 0 aliphatic rings. The zero-order valence-corrected chi connectivity index (χ0v) is 13.3. The molecule has 4 aromatic carbocycles. The fraction of sp³-hybridized carbons (Fsp3) is 0. The fourth-order valence-electron chi connectivity index (χ4n) is 2.90. The minimum Gasteiger partial charge on any atom is -0.256 e. The quantitative estimate of drug-likeness (QED) is 0.306. The molecular weight excluding hydrogens is 290 g/mol. The SMILES string of the molecule is C(/C=C/c1ccccc1)=Nc1cccc2cc3ccccc3cc12. The molecule has 1 nitrogen and oxygen atoms in total. The lowest BCUT2D eigenvalue weighted by Crippen LogP contribution is -1.77. The summed E-state index contributed by atoms with van der Waals surface area (Å²) in [6.07, 6.45) is 5.90. The zero-order valence-electron chi connectivity index (χ0n) is 13.3. The van der Waals surface area contributed by atoms with Crippen LogP contribution in [0.4, 0.5) is 5.69 Å². The van der Waals surface area contributed by atoms with Gasteiger partial charge in [0.1, 0.15) is 0 Å². The molecule has 0 aromatic heterocycles. The number of nitrogens with zero attached hydrogens (tertiary/aromatic N) is 1. The summed E-state index contributed by atoms with van der Waals surface area (Å²) in [4.78, 5) is 4.64. The van der Waals surface area contributed by atoms with Crippen molar-refractivity contribution in [1.29, 1.82) is 0 Å². The molecule has 0 saturated carbocycles. The second-order valence-corrected chi connectivity index (χ2v) is 5.75. The summed E-state index contributed by atoms with van der Waals surface area (Å²) in [5.41, 5.74) is 2.17. The molecular formula is C23H17N. The van der Waals surface area contributed by atoms with Crippen LogP contribution < -0.4 is 0 Å². The van der Waals surface area contributed by atoms with Crippen molar-refractivity contribution in [1.82, 2.24) is 0 Å². The van der Waals surface area contributed by atoms with Crippen molar-refractivity contribution >= 4 is 39.5 Å². The standard InChI is InChI=1S/C23H17N/c1-2-8-18(9-3-1)10-7-15-24-23-14-6-13-21-16-19-11-4-5-12-20(19)17-22(21)23/h1-17H/b10-7+,24-15?. The maximum atomic E-state index is 4.64. The topological polar surface area (TPSA) is 12.4 Å². The summed E-state index contributed by atoms with van der Waals surface area (Å²) in [6, 6.07) is 29.4. The van der Waals surface area contributed by atoms with E-state index in [1.54, 1.807) is 0 Å². The smallest absolute Gasteiger partial charge is 0.0708 e. The van der Waals surface area contributed by atoms with Gasteiger partial charge in [0.2, 0.25) is 0 Å². The van der Waals surface area contributed by atoms with E-state index in [1.165, 1.54) is 27.1 Å². The fourth-order valence-corrected chi connectivity index (χ4v) is 2.90. The molecule has 114 valence electrons. The lowest BCUT2D eigenvalue weighted by molar-refractivity contribution is 1.59. The molecule has 0 spiro atoms. The van der Waals surface area contributed by atoms with Gasteiger partial charge in [-0.25, -0.2) is 0 Å². The summed E-state index contributed by atoms with van der Waals surface area (Å²) in [5.74, 6) is 0. The highest BCUT2D eigenvalue weighted by Crippen LogP contribution is 2.29. The Morgan fingerprint density at radius 3 is 2.17 bits per heavy atom. The van der Waals surface area contributed by atoms with Crippen molar-refractivity contribution < 1.29 is 0 Å². The predicted octanol–water partition coefficient (Wildman–Crippen LogP) is 6.41. The van der Waals surface area contributed by atoms with Crippen molar-refractivity contribution in [2.24, 2.45) is 4.99 Å². The van der Waals surface area contributed by atoms with Crippen molar-refractivity contribution in [3.63, 3.8) is 0 Å². The lowest BCUT2D eigenvalue weighted by atomic mass is 10.0. The Hall–Kier alpha value is -3.19. The molecule has 0 saturated heterocycles. The predicted molar refractivity (Wildman–Crippen MR) is 105 cm³/mol. The number of fused-ring (bicyclic) bond motifs is 2. The number of benzene rings is 4. The first-order valence-electron chi connectivity index (χ1n) is 8.07.